The highest BCUT2D eigenvalue weighted by molar-refractivity contribution is 5.58. The number of nitrogens with zero attached hydrogens (tertiary/aromatic N) is 2. The van der Waals surface area contributed by atoms with E-state index in [4.69, 9.17) is 14.9 Å². The predicted octanol–water partition coefficient (Wildman–Crippen LogP) is 3.98. The summed E-state index contributed by atoms with van der Waals surface area (Å²) in [5.41, 5.74) is 1.40. The topological polar surface area (TPSA) is 77.9 Å². The van der Waals surface area contributed by atoms with Crippen LogP contribution in [0, 0.1) is 5.41 Å². The molecule has 178 valence electrons. The van der Waals surface area contributed by atoms with E-state index < -0.39 is 0 Å². The predicted molar refractivity (Wildman–Crippen MR) is 131 cm³/mol. The number of hydrogen-bond donors (Lipinski definition) is 2. The Hall–Kier alpha value is -2.64. The van der Waals surface area contributed by atoms with Crippen molar-refractivity contribution in [1.29, 1.82) is 5.41 Å². The van der Waals surface area contributed by atoms with Gasteiger partial charge < -0.3 is 20.2 Å². The smallest absolute Gasteiger partial charge is 0.218 e. The second kappa shape index (κ2) is 15.2. The van der Waals surface area contributed by atoms with Crippen molar-refractivity contribution in [3.63, 3.8) is 0 Å². The van der Waals surface area contributed by atoms with Gasteiger partial charge in [-0.15, -0.1) is 0 Å². The van der Waals surface area contributed by atoms with Gasteiger partial charge in [0.15, 0.2) is 0 Å². The van der Waals surface area contributed by atoms with Gasteiger partial charge in [-0.1, -0.05) is 13.5 Å². The highest BCUT2D eigenvalue weighted by atomic mass is 16.5. The van der Waals surface area contributed by atoms with E-state index >= 15 is 0 Å². The van der Waals surface area contributed by atoms with Crippen LogP contribution in [0.1, 0.15) is 40.0 Å². The van der Waals surface area contributed by atoms with Crippen molar-refractivity contribution < 1.29 is 14.3 Å². The molecule has 0 aromatic rings. The van der Waals surface area contributed by atoms with Gasteiger partial charge in [0, 0.05) is 63.0 Å². The average molecular weight is 445 g/mol. The molecule has 0 bridgehead atoms. The van der Waals surface area contributed by atoms with Crippen molar-refractivity contribution >= 4 is 12.6 Å². The molecule has 1 aliphatic rings. The van der Waals surface area contributed by atoms with Crippen molar-refractivity contribution in [3.05, 3.63) is 60.3 Å². The number of allylic oxidation sites excluding steroid dienone is 6. The number of methoxy groups -OCH3 is 1. The minimum atomic E-state index is -0.132. The van der Waals surface area contributed by atoms with Crippen LogP contribution in [0.25, 0.3) is 0 Å². The van der Waals surface area contributed by atoms with Gasteiger partial charge in [-0.05, 0) is 57.1 Å². The summed E-state index contributed by atoms with van der Waals surface area (Å²) in [6, 6.07) is 0. The van der Waals surface area contributed by atoms with Crippen LogP contribution in [0.3, 0.4) is 0 Å². The summed E-state index contributed by atoms with van der Waals surface area (Å²) in [5, 5.41) is 10.9. The molecule has 0 radical (unpaired) electrons. The summed E-state index contributed by atoms with van der Waals surface area (Å²) in [5.74, 6) is 0.687. The first-order chi connectivity index (χ1) is 15.4. The minimum absolute atomic E-state index is 0.132. The third-order valence-electron chi connectivity index (χ3n) is 4.93. The zero-order chi connectivity index (χ0) is 23.8. The maximum Gasteiger partial charge on any atom is 0.218 e. The minimum Gasteiger partial charge on any atom is -0.497 e. The molecule has 1 saturated heterocycles. The highest BCUT2D eigenvalue weighted by Gasteiger charge is 2.24. The number of hydrogen-bond acceptors (Lipinski definition) is 6. The molecule has 32 heavy (non-hydrogen) atoms. The number of carbonyl (C=O) groups is 1. The zero-order valence-electron chi connectivity index (χ0n) is 20.1. The maximum atomic E-state index is 11.6. The normalized spacial score (nSPS) is 18.2. The van der Waals surface area contributed by atoms with Crippen LogP contribution in [0.4, 0.5) is 0 Å². The number of ether oxygens (including phenoxy) is 2. The summed E-state index contributed by atoms with van der Waals surface area (Å²) in [6.07, 6.45) is 15.1. The molecule has 7 nitrogen and oxygen atoms in total. The van der Waals surface area contributed by atoms with Gasteiger partial charge in [0.25, 0.3) is 0 Å². The van der Waals surface area contributed by atoms with E-state index in [0.717, 1.165) is 57.7 Å². The van der Waals surface area contributed by atoms with Crippen LogP contribution in [-0.2, 0) is 14.3 Å². The van der Waals surface area contributed by atoms with Gasteiger partial charge in [-0.2, -0.15) is 0 Å². The molecule has 0 saturated carbocycles. The molecule has 0 aromatic carbocycles. The lowest BCUT2D eigenvalue weighted by molar-refractivity contribution is -0.114. The van der Waals surface area contributed by atoms with E-state index in [1.807, 2.05) is 25.2 Å². The van der Waals surface area contributed by atoms with Crippen molar-refractivity contribution in [2.45, 2.75) is 45.6 Å². The van der Waals surface area contributed by atoms with Gasteiger partial charge in [0.1, 0.15) is 5.76 Å². The van der Waals surface area contributed by atoms with E-state index in [0.29, 0.717) is 17.9 Å². The van der Waals surface area contributed by atoms with Crippen molar-refractivity contribution in [1.82, 2.24) is 15.1 Å². The first-order valence-corrected chi connectivity index (χ1v) is 11.2. The monoisotopic (exact) mass is 444 g/mol. The first-order valence-electron chi connectivity index (χ1n) is 11.2. The fourth-order valence-corrected chi connectivity index (χ4v) is 3.38. The van der Waals surface area contributed by atoms with Gasteiger partial charge in [0.2, 0.25) is 6.41 Å². The standard InChI is InChI=1S/C25H40N4O3/c1-6-9-24(31-5)13-17-29(21-30)23(7-2)11-10-22(12-14-26)27-15-18-28-16-8-19-32-25(3,4)20-28/h7,9-11,13-14,17,21,26-27H,2,6,8,12,15-16,18-20H2,1,3-5H3/b17-13-,22-10+,23-11+,24-9+,26-14?. The van der Waals surface area contributed by atoms with Gasteiger partial charge in [-0.25, -0.2) is 0 Å². The van der Waals surface area contributed by atoms with Crippen molar-refractivity contribution in [2.24, 2.45) is 0 Å². The van der Waals surface area contributed by atoms with Crippen LogP contribution in [0.5, 0.6) is 0 Å². The van der Waals surface area contributed by atoms with E-state index in [1.54, 1.807) is 25.5 Å². The lowest BCUT2D eigenvalue weighted by atomic mass is 10.1. The van der Waals surface area contributed by atoms with E-state index in [9.17, 15) is 4.79 Å². The first kappa shape index (κ1) is 27.4. The van der Waals surface area contributed by atoms with E-state index in [2.05, 4.69) is 30.6 Å². The lowest BCUT2D eigenvalue weighted by Crippen LogP contribution is -2.41. The Morgan fingerprint density at radius 3 is 2.78 bits per heavy atom. The quantitative estimate of drug-likeness (QED) is 0.183. The molecule has 1 amide bonds. The molecule has 1 fully saturated rings. The fraction of sp³-hybridized carbons (Fsp3) is 0.520. The lowest BCUT2D eigenvalue weighted by Gasteiger charge is -2.29. The summed E-state index contributed by atoms with van der Waals surface area (Å²) < 4.78 is 11.2. The van der Waals surface area contributed by atoms with E-state index in [-0.39, 0.29) is 5.60 Å². The Morgan fingerprint density at radius 1 is 1.38 bits per heavy atom. The molecule has 1 aliphatic heterocycles. The molecule has 1 rings (SSSR count). The number of rotatable bonds is 14. The molecule has 0 atom stereocenters. The van der Waals surface area contributed by atoms with Gasteiger partial charge >= 0.3 is 0 Å². The van der Waals surface area contributed by atoms with Crippen LogP contribution in [-0.4, -0.2) is 67.9 Å². The van der Waals surface area contributed by atoms with Crippen LogP contribution < -0.4 is 5.32 Å². The summed E-state index contributed by atoms with van der Waals surface area (Å²) in [4.78, 5) is 15.4. The fourth-order valence-electron chi connectivity index (χ4n) is 3.38. The second-order valence-corrected chi connectivity index (χ2v) is 8.11. The highest BCUT2D eigenvalue weighted by Crippen LogP contribution is 2.16. The molecule has 0 aliphatic carbocycles. The molecule has 0 spiro atoms. The number of amides is 1. The molecule has 7 heteroatoms. The largest absolute Gasteiger partial charge is 0.497 e. The number of carbonyl (C=O) groups excluding carboxylic acids is 1. The van der Waals surface area contributed by atoms with Crippen molar-refractivity contribution in [2.75, 3.05) is 39.9 Å². The third kappa shape index (κ3) is 10.6. The molecule has 1 heterocycles. The van der Waals surface area contributed by atoms with Crippen LogP contribution >= 0.6 is 0 Å². The Bertz CT molecular complexity index is 723. The molecular weight excluding hydrogens is 404 g/mol. The molecule has 0 unspecified atom stereocenters. The third-order valence-corrected chi connectivity index (χ3v) is 4.93. The number of nitrogens with one attached hydrogen (secondary N) is 2. The van der Waals surface area contributed by atoms with E-state index in [1.165, 1.54) is 11.1 Å². The molecule has 0 aromatic heterocycles. The Kier molecular flexibility index (Phi) is 13.0. The Balaban J connectivity index is 2.82. The van der Waals surface area contributed by atoms with Gasteiger partial charge in [0.05, 0.1) is 12.7 Å². The summed E-state index contributed by atoms with van der Waals surface area (Å²) >= 11 is 0. The van der Waals surface area contributed by atoms with Gasteiger partial charge in [-0.3, -0.25) is 14.6 Å². The summed E-state index contributed by atoms with van der Waals surface area (Å²) in [7, 11) is 1.60. The average Bonchev–Trinajstić information content (AvgIpc) is 2.94. The van der Waals surface area contributed by atoms with Crippen molar-refractivity contribution in [3.8, 4) is 0 Å². The molecule has 2 N–H and O–H groups in total. The maximum absolute atomic E-state index is 11.6. The SMILES string of the molecule is C=C/C(=C\C=C(/CC=N)NCCN1CCCOC(C)(C)C1)N(C=O)/C=C\C(=C/CC)OC. The van der Waals surface area contributed by atoms with Crippen LogP contribution in [0.2, 0.25) is 0 Å². The second-order valence-electron chi connectivity index (χ2n) is 8.11. The Morgan fingerprint density at radius 2 is 2.16 bits per heavy atom. The molecular formula is C25H40N4O3. The van der Waals surface area contributed by atoms with Crippen LogP contribution in [0.15, 0.2) is 60.3 Å². The Labute approximate surface area is 193 Å². The summed E-state index contributed by atoms with van der Waals surface area (Å²) in [6.45, 7) is 14.5. The zero-order valence-corrected chi connectivity index (χ0v) is 20.1.